The van der Waals surface area contributed by atoms with Gasteiger partial charge in [0.15, 0.2) is 11.5 Å². The second kappa shape index (κ2) is 6.69. The van der Waals surface area contributed by atoms with Crippen LogP contribution in [0.4, 0.5) is 0 Å². The van der Waals surface area contributed by atoms with Gasteiger partial charge in [-0.3, -0.25) is 0 Å². The normalized spacial score (nSPS) is 23.2. The van der Waals surface area contributed by atoms with E-state index in [9.17, 15) is 0 Å². The topological polar surface area (TPSA) is 30.5 Å². The van der Waals surface area contributed by atoms with Crippen molar-refractivity contribution >= 4 is 0 Å². The number of ether oxygens (including phenoxy) is 2. The Hall–Kier alpha value is -1.22. The lowest BCUT2D eigenvalue weighted by Gasteiger charge is -2.30. The summed E-state index contributed by atoms with van der Waals surface area (Å²) < 4.78 is 11.7. The molecule has 1 aliphatic carbocycles. The van der Waals surface area contributed by atoms with Crippen molar-refractivity contribution in [3.05, 3.63) is 23.8 Å². The number of rotatable bonds is 5. The van der Waals surface area contributed by atoms with Gasteiger partial charge in [-0.2, -0.15) is 0 Å². The largest absolute Gasteiger partial charge is 0.489 e. The highest BCUT2D eigenvalue weighted by Crippen LogP contribution is 2.38. The molecule has 3 nitrogen and oxygen atoms in total. The Balaban J connectivity index is 1.76. The number of hydrogen-bond acceptors (Lipinski definition) is 3. The van der Waals surface area contributed by atoms with Gasteiger partial charge in [0.05, 0.1) is 13.2 Å². The highest BCUT2D eigenvalue weighted by molar-refractivity contribution is 5.44. The molecule has 1 aromatic rings. The standard InChI is InChI=1S/C18H27NO2/c1-3-19-16(9-14-5-4-6-14)15-7-8-17-18(10-15)21-12-13(2)11-20-17/h7-8,10,13-14,16,19H,3-6,9,11-12H2,1-2H3. The zero-order valence-electron chi connectivity index (χ0n) is 13.2. The maximum atomic E-state index is 5.92. The van der Waals surface area contributed by atoms with Crippen LogP contribution in [-0.2, 0) is 0 Å². The van der Waals surface area contributed by atoms with Crippen LogP contribution in [0.3, 0.4) is 0 Å². The molecule has 0 saturated heterocycles. The first kappa shape index (κ1) is 14.7. The average Bonchev–Trinajstić information content (AvgIpc) is 2.63. The van der Waals surface area contributed by atoms with Gasteiger partial charge >= 0.3 is 0 Å². The van der Waals surface area contributed by atoms with Gasteiger partial charge in [-0.1, -0.05) is 39.2 Å². The van der Waals surface area contributed by atoms with Crippen molar-refractivity contribution < 1.29 is 9.47 Å². The Labute approximate surface area is 128 Å². The van der Waals surface area contributed by atoms with Crippen LogP contribution < -0.4 is 14.8 Å². The van der Waals surface area contributed by atoms with Crippen molar-refractivity contribution in [1.29, 1.82) is 0 Å². The van der Waals surface area contributed by atoms with Crippen LogP contribution in [0.15, 0.2) is 18.2 Å². The third-order valence-corrected chi connectivity index (χ3v) is 4.66. The SMILES string of the molecule is CCNC(CC1CCC1)c1ccc2c(c1)OCC(C)CO2. The van der Waals surface area contributed by atoms with Crippen LogP contribution in [-0.4, -0.2) is 19.8 Å². The highest BCUT2D eigenvalue weighted by Gasteiger charge is 2.24. The molecule has 116 valence electrons. The van der Waals surface area contributed by atoms with E-state index in [-0.39, 0.29) is 0 Å². The fraction of sp³-hybridized carbons (Fsp3) is 0.667. The van der Waals surface area contributed by atoms with E-state index in [4.69, 9.17) is 9.47 Å². The highest BCUT2D eigenvalue weighted by atomic mass is 16.5. The Morgan fingerprint density at radius 1 is 1.19 bits per heavy atom. The molecule has 1 N–H and O–H groups in total. The number of benzene rings is 1. The van der Waals surface area contributed by atoms with E-state index in [1.165, 1.54) is 31.2 Å². The quantitative estimate of drug-likeness (QED) is 0.890. The van der Waals surface area contributed by atoms with Crippen LogP contribution in [0.5, 0.6) is 11.5 Å². The zero-order valence-corrected chi connectivity index (χ0v) is 13.2. The Kier molecular flexibility index (Phi) is 4.69. The van der Waals surface area contributed by atoms with Gasteiger partial charge in [0, 0.05) is 12.0 Å². The van der Waals surface area contributed by atoms with Gasteiger partial charge in [-0.05, 0) is 36.6 Å². The molecule has 3 heteroatoms. The Bertz CT molecular complexity index is 470. The number of fused-ring (bicyclic) bond motifs is 1. The fourth-order valence-corrected chi connectivity index (χ4v) is 3.13. The van der Waals surface area contributed by atoms with Crippen molar-refractivity contribution in [2.75, 3.05) is 19.8 Å². The molecule has 0 bridgehead atoms. The van der Waals surface area contributed by atoms with E-state index in [2.05, 4.69) is 37.4 Å². The van der Waals surface area contributed by atoms with Crippen molar-refractivity contribution in [3.8, 4) is 11.5 Å². The summed E-state index contributed by atoms with van der Waals surface area (Å²) in [5, 5.41) is 3.63. The van der Waals surface area contributed by atoms with Gasteiger partial charge in [0.1, 0.15) is 0 Å². The minimum atomic E-state index is 0.440. The third kappa shape index (κ3) is 3.52. The first-order valence-corrected chi connectivity index (χ1v) is 8.39. The molecule has 1 aliphatic heterocycles. The summed E-state index contributed by atoms with van der Waals surface area (Å²) in [4.78, 5) is 0. The van der Waals surface area contributed by atoms with E-state index < -0.39 is 0 Å². The molecule has 0 amide bonds. The first-order valence-electron chi connectivity index (χ1n) is 8.39. The summed E-state index contributed by atoms with van der Waals surface area (Å²) in [6.45, 7) is 6.82. The third-order valence-electron chi connectivity index (χ3n) is 4.66. The van der Waals surface area contributed by atoms with E-state index in [1.54, 1.807) is 0 Å². The molecule has 21 heavy (non-hydrogen) atoms. The fourth-order valence-electron chi connectivity index (χ4n) is 3.13. The average molecular weight is 289 g/mol. The van der Waals surface area contributed by atoms with Crippen molar-refractivity contribution in [2.45, 2.75) is 45.6 Å². The summed E-state index contributed by atoms with van der Waals surface area (Å²) in [5.74, 6) is 3.14. The van der Waals surface area contributed by atoms with Crippen molar-refractivity contribution in [2.24, 2.45) is 11.8 Å². The molecule has 1 fully saturated rings. The van der Waals surface area contributed by atoms with Gasteiger partial charge in [-0.25, -0.2) is 0 Å². The summed E-state index contributed by atoms with van der Waals surface area (Å²) in [7, 11) is 0. The lowest BCUT2D eigenvalue weighted by atomic mass is 9.79. The van der Waals surface area contributed by atoms with Crippen LogP contribution in [0, 0.1) is 11.8 Å². The van der Waals surface area contributed by atoms with E-state index in [0.29, 0.717) is 12.0 Å². The number of nitrogens with one attached hydrogen (secondary N) is 1. The summed E-state index contributed by atoms with van der Waals surface area (Å²) in [6.07, 6.45) is 5.43. The summed E-state index contributed by atoms with van der Waals surface area (Å²) >= 11 is 0. The Morgan fingerprint density at radius 2 is 1.95 bits per heavy atom. The summed E-state index contributed by atoms with van der Waals surface area (Å²) in [6, 6.07) is 6.90. The molecule has 2 aliphatic rings. The molecule has 1 saturated carbocycles. The van der Waals surface area contributed by atoms with Gasteiger partial charge in [-0.15, -0.1) is 0 Å². The zero-order chi connectivity index (χ0) is 14.7. The van der Waals surface area contributed by atoms with Crippen LogP contribution in [0.2, 0.25) is 0 Å². The molecule has 1 heterocycles. The minimum absolute atomic E-state index is 0.440. The molecule has 1 aromatic carbocycles. The lowest BCUT2D eigenvalue weighted by molar-refractivity contribution is 0.228. The maximum Gasteiger partial charge on any atom is 0.161 e. The molecule has 0 radical (unpaired) electrons. The molecular formula is C18H27NO2. The molecule has 3 rings (SSSR count). The molecule has 0 spiro atoms. The molecular weight excluding hydrogens is 262 g/mol. The van der Waals surface area contributed by atoms with E-state index in [0.717, 1.165) is 37.2 Å². The van der Waals surface area contributed by atoms with Crippen molar-refractivity contribution in [1.82, 2.24) is 5.32 Å². The molecule has 0 aromatic heterocycles. The molecule has 2 atom stereocenters. The van der Waals surface area contributed by atoms with Crippen LogP contribution in [0.1, 0.15) is 51.1 Å². The second-order valence-electron chi connectivity index (χ2n) is 6.58. The summed E-state index contributed by atoms with van der Waals surface area (Å²) in [5.41, 5.74) is 1.33. The monoisotopic (exact) mass is 289 g/mol. The van der Waals surface area contributed by atoms with Crippen molar-refractivity contribution in [3.63, 3.8) is 0 Å². The Morgan fingerprint density at radius 3 is 2.62 bits per heavy atom. The van der Waals surface area contributed by atoms with Crippen LogP contribution >= 0.6 is 0 Å². The lowest BCUT2D eigenvalue weighted by Crippen LogP contribution is -2.25. The first-order chi connectivity index (χ1) is 10.3. The van der Waals surface area contributed by atoms with Gasteiger partial charge in [0.2, 0.25) is 0 Å². The van der Waals surface area contributed by atoms with E-state index >= 15 is 0 Å². The minimum Gasteiger partial charge on any atom is -0.489 e. The maximum absolute atomic E-state index is 5.92. The van der Waals surface area contributed by atoms with Gasteiger partial charge in [0.25, 0.3) is 0 Å². The van der Waals surface area contributed by atoms with Gasteiger partial charge < -0.3 is 14.8 Å². The van der Waals surface area contributed by atoms with E-state index in [1.807, 2.05) is 0 Å². The predicted molar refractivity (Wildman–Crippen MR) is 85.0 cm³/mol. The second-order valence-corrected chi connectivity index (χ2v) is 6.58. The molecule has 2 unspecified atom stereocenters. The number of hydrogen-bond donors (Lipinski definition) is 1. The smallest absolute Gasteiger partial charge is 0.161 e. The predicted octanol–water partition coefficient (Wildman–Crippen LogP) is 3.93. The van der Waals surface area contributed by atoms with Crippen LogP contribution in [0.25, 0.3) is 0 Å².